The summed E-state index contributed by atoms with van der Waals surface area (Å²) >= 11 is 1.36. The van der Waals surface area contributed by atoms with E-state index in [0.29, 0.717) is 51.6 Å². The number of pyridine rings is 1. The lowest BCUT2D eigenvalue weighted by Gasteiger charge is -2.12. The average Bonchev–Trinajstić information content (AvgIpc) is 3.72. The highest BCUT2D eigenvalue weighted by atomic mass is 32.1. The van der Waals surface area contributed by atoms with Gasteiger partial charge in [-0.25, -0.2) is 4.98 Å². The molecule has 0 aliphatic carbocycles. The summed E-state index contributed by atoms with van der Waals surface area (Å²) in [5.41, 5.74) is 3.50. The number of aromatic nitrogens is 3. The van der Waals surface area contributed by atoms with Gasteiger partial charge in [0.05, 0.1) is 26.5 Å². The second-order valence-electron chi connectivity index (χ2n) is 9.19. The largest absolute Gasteiger partial charge is 0.493 e. The number of amides is 1. The highest BCUT2D eigenvalue weighted by Crippen LogP contribution is 2.50. The normalized spacial score (nSPS) is 12.1. The fourth-order valence-electron chi connectivity index (χ4n) is 4.79. The first kappa shape index (κ1) is 26.5. The average molecular weight is 575 g/mol. The molecule has 1 aliphatic heterocycles. The Labute approximate surface area is 239 Å². The van der Waals surface area contributed by atoms with Crippen molar-refractivity contribution in [1.82, 2.24) is 15.1 Å². The highest BCUT2D eigenvalue weighted by molar-refractivity contribution is 7.22. The Hall–Kier alpha value is -4.68. The van der Waals surface area contributed by atoms with Crippen LogP contribution in [-0.2, 0) is 17.8 Å². The number of ether oxygens (including phenoxy) is 5. The molecule has 4 heterocycles. The molecule has 41 heavy (non-hydrogen) atoms. The zero-order valence-electron chi connectivity index (χ0n) is 22.8. The summed E-state index contributed by atoms with van der Waals surface area (Å²) in [5.74, 6) is 2.35. The van der Waals surface area contributed by atoms with Gasteiger partial charge in [0, 0.05) is 35.7 Å². The maximum Gasteiger partial charge on any atom is 0.270 e. The molecule has 6 rings (SSSR count). The van der Waals surface area contributed by atoms with Gasteiger partial charge in [-0.1, -0.05) is 23.4 Å². The van der Waals surface area contributed by atoms with Crippen LogP contribution in [0.25, 0.3) is 21.0 Å². The number of thiophene rings is 1. The predicted molar refractivity (Wildman–Crippen MR) is 151 cm³/mol. The van der Waals surface area contributed by atoms with Crippen LogP contribution in [0.15, 0.2) is 47.0 Å². The zero-order chi connectivity index (χ0) is 28.5. The van der Waals surface area contributed by atoms with Crippen LogP contribution in [0.1, 0.15) is 33.0 Å². The number of anilines is 1. The van der Waals surface area contributed by atoms with Gasteiger partial charge in [0.2, 0.25) is 18.3 Å². The predicted octanol–water partition coefficient (Wildman–Crippen LogP) is 5.39. The molecule has 12 heteroatoms. The van der Waals surface area contributed by atoms with Gasteiger partial charge in [-0.2, -0.15) is 4.98 Å². The van der Waals surface area contributed by atoms with E-state index >= 15 is 0 Å². The summed E-state index contributed by atoms with van der Waals surface area (Å²) in [6, 6.07) is 12.7. The van der Waals surface area contributed by atoms with E-state index in [9.17, 15) is 4.79 Å². The van der Waals surface area contributed by atoms with E-state index < -0.39 is 0 Å². The number of aryl methyl sites for hydroxylation is 1. The Balaban J connectivity index is 1.42. The monoisotopic (exact) mass is 574 g/mol. The lowest BCUT2D eigenvalue weighted by atomic mass is 10.1. The lowest BCUT2D eigenvalue weighted by molar-refractivity contribution is 0.102. The third kappa shape index (κ3) is 4.92. The van der Waals surface area contributed by atoms with Crippen molar-refractivity contribution < 1.29 is 33.0 Å². The molecule has 2 aromatic carbocycles. The van der Waals surface area contributed by atoms with Crippen molar-refractivity contribution in [3.8, 4) is 33.8 Å². The summed E-state index contributed by atoms with van der Waals surface area (Å²) in [6.45, 7) is 2.32. The van der Waals surface area contributed by atoms with Gasteiger partial charge < -0.3 is 33.5 Å². The number of nitrogens with zero attached hydrogens (tertiary/aromatic N) is 3. The molecular weight excluding hydrogens is 548 g/mol. The summed E-state index contributed by atoms with van der Waals surface area (Å²) in [5, 5.41) is 8.07. The van der Waals surface area contributed by atoms with E-state index in [-0.39, 0.29) is 25.0 Å². The number of rotatable bonds is 9. The molecule has 0 saturated heterocycles. The van der Waals surface area contributed by atoms with E-state index in [1.807, 2.05) is 31.2 Å². The molecule has 1 aliphatic rings. The van der Waals surface area contributed by atoms with Crippen molar-refractivity contribution in [1.29, 1.82) is 0 Å². The van der Waals surface area contributed by atoms with Crippen LogP contribution in [-0.4, -0.2) is 49.2 Å². The minimum atomic E-state index is -0.271. The van der Waals surface area contributed by atoms with Crippen LogP contribution in [0.2, 0.25) is 0 Å². The Bertz CT molecular complexity index is 1750. The second-order valence-corrected chi connectivity index (χ2v) is 10.2. The first-order valence-corrected chi connectivity index (χ1v) is 13.5. The molecule has 0 unspecified atom stereocenters. The number of benzene rings is 2. The topological polar surface area (TPSA) is 127 Å². The van der Waals surface area contributed by atoms with Crippen LogP contribution < -0.4 is 24.3 Å². The summed E-state index contributed by atoms with van der Waals surface area (Å²) in [6.07, 6.45) is 0.266. The van der Waals surface area contributed by atoms with Crippen LogP contribution in [0, 0.1) is 6.92 Å². The van der Waals surface area contributed by atoms with Crippen LogP contribution >= 0.6 is 11.3 Å². The molecule has 0 spiro atoms. The maximum absolute atomic E-state index is 13.3. The summed E-state index contributed by atoms with van der Waals surface area (Å²) < 4.78 is 33.5. The molecule has 5 aromatic rings. The molecule has 0 fully saturated rings. The first-order chi connectivity index (χ1) is 20.0. The number of carbonyl (C=O) groups is 1. The second kappa shape index (κ2) is 11.1. The number of hydrogen-bond acceptors (Lipinski definition) is 11. The third-order valence-electron chi connectivity index (χ3n) is 6.52. The van der Waals surface area contributed by atoms with Crippen LogP contribution in [0.3, 0.4) is 0 Å². The fraction of sp³-hybridized carbons (Fsp3) is 0.241. The molecule has 11 nitrogen and oxygen atoms in total. The molecular formula is C29H26N4O7S. The SMILES string of the molecule is COCc1cc(C)nc2sc(-c3nc(Cc4cc(OC)c5c(c4OC)OCO5)no3)c(NC(=O)c3ccccc3)c12. The molecule has 3 aromatic heterocycles. The third-order valence-corrected chi connectivity index (χ3v) is 7.59. The smallest absolute Gasteiger partial charge is 0.270 e. The minimum Gasteiger partial charge on any atom is -0.493 e. The van der Waals surface area contributed by atoms with Gasteiger partial charge in [-0.3, -0.25) is 4.79 Å². The summed E-state index contributed by atoms with van der Waals surface area (Å²) in [4.78, 5) is 24.0. The van der Waals surface area contributed by atoms with Gasteiger partial charge in [0.15, 0.2) is 17.3 Å². The maximum atomic E-state index is 13.3. The standard InChI is InChI=1S/C29H26N4O7S/c1-15-10-18(13-35-2)21-22(32-27(34)16-8-6-5-7-9-16)26(41-29(21)30-15)28-31-20(33-40-28)12-17-11-19(36-3)24-25(23(17)37-4)39-14-38-24/h5-11H,12-14H2,1-4H3,(H,32,34). The molecule has 0 atom stereocenters. The number of methoxy groups -OCH3 is 3. The molecule has 0 radical (unpaired) electrons. The van der Waals surface area contributed by atoms with Gasteiger partial charge in [0.25, 0.3) is 11.8 Å². The highest BCUT2D eigenvalue weighted by Gasteiger charge is 2.29. The van der Waals surface area contributed by atoms with E-state index in [1.165, 1.54) is 11.3 Å². The van der Waals surface area contributed by atoms with E-state index in [1.54, 1.807) is 39.5 Å². The van der Waals surface area contributed by atoms with Gasteiger partial charge in [-0.05, 0) is 36.8 Å². The van der Waals surface area contributed by atoms with Crippen molar-refractivity contribution in [3.05, 3.63) is 70.7 Å². The molecule has 1 N–H and O–H groups in total. The Morgan fingerprint density at radius 1 is 1.02 bits per heavy atom. The molecule has 0 saturated carbocycles. The van der Waals surface area contributed by atoms with Crippen molar-refractivity contribution >= 4 is 33.1 Å². The Morgan fingerprint density at radius 2 is 1.83 bits per heavy atom. The van der Waals surface area contributed by atoms with Crippen LogP contribution in [0.5, 0.6) is 23.0 Å². The number of carbonyl (C=O) groups excluding carboxylic acids is 1. The van der Waals surface area contributed by atoms with Crippen molar-refractivity contribution in [2.24, 2.45) is 0 Å². The van der Waals surface area contributed by atoms with Crippen molar-refractivity contribution in [2.75, 3.05) is 33.4 Å². The van der Waals surface area contributed by atoms with Gasteiger partial charge >= 0.3 is 0 Å². The first-order valence-electron chi connectivity index (χ1n) is 12.7. The van der Waals surface area contributed by atoms with E-state index in [4.69, 9.17) is 33.2 Å². The molecule has 1 amide bonds. The Morgan fingerprint density at radius 3 is 2.59 bits per heavy atom. The van der Waals surface area contributed by atoms with Gasteiger partial charge in [0.1, 0.15) is 9.71 Å². The number of nitrogens with one attached hydrogen (secondary N) is 1. The van der Waals surface area contributed by atoms with Gasteiger partial charge in [-0.15, -0.1) is 11.3 Å². The molecule has 0 bridgehead atoms. The Kier molecular flexibility index (Phi) is 7.16. The van der Waals surface area contributed by atoms with Crippen molar-refractivity contribution in [3.63, 3.8) is 0 Å². The lowest BCUT2D eigenvalue weighted by Crippen LogP contribution is -2.12. The van der Waals surface area contributed by atoms with E-state index in [2.05, 4.69) is 15.5 Å². The van der Waals surface area contributed by atoms with Crippen molar-refractivity contribution in [2.45, 2.75) is 20.0 Å². The molecule has 210 valence electrons. The number of fused-ring (bicyclic) bond motifs is 2. The quantitative estimate of drug-likeness (QED) is 0.245. The zero-order valence-corrected chi connectivity index (χ0v) is 23.6. The van der Waals surface area contributed by atoms with E-state index in [0.717, 1.165) is 27.0 Å². The fourth-order valence-corrected chi connectivity index (χ4v) is 5.93. The summed E-state index contributed by atoms with van der Waals surface area (Å²) in [7, 11) is 4.74. The van der Waals surface area contributed by atoms with Crippen LogP contribution in [0.4, 0.5) is 5.69 Å². The minimum absolute atomic E-state index is 0.0693. The number of hydrogen-bond donors (Lipinski definition) is 1.